The topological polar surface area (TPSA) is 66.5 Å². The second kappa shape index (κ2) is 7.39. The molecule has 1 aliphatic heterocycles. The molecule has 146 valence electrons. The number of amides is 1. The Hall–Kier alpha value is -3.09. The van der Waals surface area contributed by atoms with Crippen LogP contribution in [0, 0.1) is 0 Å². The molecular weight excluding hydrogens is 408 g/mol. The highest BCUT2D eigenvalue weighted by molar-refractivity contribution is 7.97. The third-order valence-electron chi connectivity index (χ3n) is 4.71. The second-order valence-electron chi connectivity index (χ2n) is 6.52. The lowest BCUT2D eigenvalue weighted by Crippen LogP contribution is -2.37. The third-order valence-corrected chi connectivity index (χ3v) is 6.77. The van der Waals surface area contributed by atoms with E-state index in [0.717, 1.165) is 4.31 Å². The monoisotopic (exact) mass is 424 g/mol. The van der Waals surface area contributed by atoms with E-state index in [1.807, 2.05) is 30.3 Å². The molecule has 0 fully saturated rings. The first-order valence-corrected chi connectivity index (χ1v) is 10.7. The number of carbonyl (C=O) groups is 1. The van der Waals surface area contributed by atoms with E-state index < -0.39 is 15.9 Å². The number of benzene rings is 3. The van der Waals surface area contributed by atoms with Gasteiger partial charge in [0.2, 0.25) is 0 Å². The summed E-state index contributed by atoms with van der Waals surface area (Å²) in [4.78, 5) is 12.9. The van der Waals surface area contributed by atoms with Crippen LogP contribution in [0.5, 0.6) is 0 Å². The number of rotatable bonds is 3. The maximum Gasteiger partial charge on any atom is 0.270 e. The summed E-state index contributed by atoms with van der Waals surface area (Å²) in [6.45, 7) is 0. The lowest BCUT2D eigenvalue weighted by atomic mass is 9.95. The van der Waals surface area contributed by atoms with Crippen molar-refractivity contribution in [1.29, 1.82) is 0 Å². The number of hydrogen-bond acceptors (Lipinski definition) is 3. The molecule has 3 aromatic carbocycles. The SMILES string of the molecule is CN1c2ccccc2C(c2ccccc2)=C(C(=O)Nc2cccc(Cl)c2)S1(=O)=O. The first-order valence-electron chi connectivity index (χ1n) is 8.84. The van der Waals surface area contributed by atoms with Crippen LogP contribution < -0.4 is 9.62 Å². The largest absolute Gasteiger partial charge is 0.321 e. The van der Waals surface area contributed by atoms with Crippen LogP contribution in [0.4, 0.5) is 11.4 Å². The van der Waals surface area contributed by atoms with Gasteiger partial charge in [0.05, 0.1) is 5.69 Å². The van der Waals surface area contributed by atoms with Gasteiger partial charge in [-0.25, -0.2) is 8.42 Å². The van der Waals surface area contributed by atoms with Crippen molar-refractivity contribution >= 4 is 44.5 Å². The lowest BCUT2D eigenvalue weighted by molar-refractivity contribution is -0.112. The van der Waals surface area contributed by atoms with E-state index in [1.165, 1.54) is 7.05 Å². The van der Waals surface area contributed by atoms with Crippen molar-refractivity contribution in [2.75, 3.05) is 16.7 Å². The Balaban J connectivity index is 1.97. The van der Waals surface area contributed by atoms with E-state index >= 15 is 0 Å². The number of para-hydroxylation sites is 1. The van der Waals surface area contributed by atoms with E-state index in [0.29, 0.717) is 33.1 Å². The van der Waals surface area contributed by atoms with E-state index in [4.69, 9.17) is 11.6 Å². The number of fused-ring (bicyclic) bond motifs is 1. The standard InChI is InChI=1S/C22H17ClN2O3S/c1-25-19-13-6-5-12-18(19)20(15-8-3-2-4-9-15)21(29(25,27)28)22(26)24-17-11-7-10-16(23)14-17/h2-14H,1H3,(H,24,26). The fourth-order valence-corrected chi connectivity index (χ4v) is 5.01. The van der Waals surface area contributed by atoms with Gasteiger partial charge in [-0.2, -0.15) is 0 Å². The van der Waals surface area contributed by atoms with Crippen LogP contribution in [0.1, 0.15) is 11.1 Å². The lowest BCUT2D eigenvalue weighted by Gasteiger charge is -2.30. The van der Waals surface area contributed by atoms with Gasteiger partial charge in [-0.15, -0.1) is 0 Å². The summed E-state index contributed by atoms with van der Waals surface area (Å²) < 4.78 is 27.8. The molecule has 0 aromatic heterocycles. The molecule has 1 aliphatic rings. The first kappa shape index (κ1) is 19.2. The smallest absolute Gasteiger partial charge is 0.270 e. The molecule has 5 nitrogen and oxygen atoms in total. The first-order chi connectivity index (χ1) is 13.9. The van der Waals surface area contributed by atoms with Crippen LogP contribution in [0.15, 0.2) is 83.8 Å². The molecule has 1 N–H and O–H groups in total. The summed E-state index contributed by atoms with van der Waals surface area (Å²) in [6.07, 6.45) is 0. The Kier molecular flexibility index (Phi) is 4.90. The van der Waals surface area contributed by atoms with Gasteiger partial charge in [0.25, 0.3) is 15.9 Å². The van der Waals surface area contributed by atoms with Crippen LogP contribution >= 0.6 is 11.6 Å². The normalized spacial score (nSPS) is 15.0. The Bertz CT molecular complexity index is 1240. The maximum atomic E-state index is 13.3. The average molecular weight is 425 g/mol. The quantitative estimate of drug-likeness (QED) is 0.672. The van der Waals surface area contributed by atoms with Crippen molar-refractivity contribution in [1.82, 2.24) is 0 Å². The molecule has 7 heteroatoms. The van der Waals surface area contributed by atoms with Crippen LogP contribution in [0.25, 0.3) is 5.57 Å². The van der Waals surface area contributed by atoms with Gasteiger partial charge in [0.1, 0.15) is 0 Å². The minimum Gasteiger partial charge on any atom is -0.321 e. The minimum absolute atomic E-state index is 0.301. The Morgan fingerprint density at radius 1 is 0.931 bits per heavy atom. The van der Waals surface area contributed by atoms with Gasteiger partial charge in [-0.1, -0.05) is 66.2 Å². The molecule has 0 radical (unpaired) electrons. The molecule has 1 amide bonds. The molecule has 0 unspecified atom stereocenters. The fourth-order valence-electron chi connectivity index (χ4n) is 3.35. The zero-order chi connectivity index (χ0) is 20.6. The minimum atomic E-state index is -4.07. The average Bonchev–Trinajstić information content (AvgIpc) is 2.71. The van der Waals surface area contributed by atoms with Crippen LogP contribution in [-0.2, 0) is 14.8 Å². The molecule has 0 aliphatic carbocycles. The predicted molar refractivity (Wildman–Crippen MR) is 116 cm³/mol. The second-order valence-corrected chi connectivity index (χ2v) is 8.87. The van der Waals surface area contributed by atoms with Crippen LogP contribution in [-0.4, -0.2) is 21.4 Å². The molecule has 0 spiro atoms. The molecule has 4 rings (SSSR count). The van der Waals surface area contributed by atoms with E-state index in [-0.39, 0.29) is 4.91 Å². The molecule has 0 saturated carbocycles. The van der Waals surface area contributed by atoms with Gasteiger partial charge in [-0.05, 0) is 29.8 Å². The highest BCUT2D eigenvalue weighted by Crippen LogP contribution is 2.42. The highest BCUT2D eigenvalue weighted by Gasteiger charge is 2.39. The van der Waals surface area contributed by atoms with E-state index in [9.17, 15) is 13.2 Å². The zero-order valence-electron chi connectivity index (χ0n) is 15.5. The van der Waals surface area contributed by atoms with Gasteiger partial charge in [0, 0.05) is 28.9 Å². The van der Waals surface area contributed by atoms with Gasteiger partial charge < -0.3 is 5.32 Å². The van der Waals surface area contributed by atoms with Gasteiger partial charge in [0.15, 0.2) is 4.91 Å². The summed E-state index contributed by atoms with van der Waals surface area (Å²) in [6, 6.07) is 22.7. The molecule has 0 atom stereocenters. The fraction of sp³-hybridized carbons (Fsp3) is 0.0455. The zero-order valence-corrected chi connectivity index (χ0v) is 17.0. The van der Waals surface area contributed by atoms with Crippen molar-refractivity contribution in [3.63, 3.8) is 0 Å². The Morgan fingerprint density at radius 2 is 1.62 bits per heavy atom. The number of carbonyl (C=O) groups excluding carboxylic acids is 1. The molecule has 3 aromatic rings. The number of nitrogens with zero attached hydrogens (tertiary/aromatic N) is 1. The third kappa shape index (κ3) is 3.41. The summed E-state index contributed by atoms with van der Waals surface area (Å²) in [5.41, 5.74) is 2.63. The van der Waals surface area contributed by atoms with Crippen molar-refractivity contribution < 1.29 is 13.2 Å². The van der Waals surface area contributed by atoms with Crippen molar-refractivity contribution in [2.45, 2.75) is 0 Å². The van der Waals surface area contributed by atoms with E-state index in [2.05, 4.69) is 5.32 Å². The van der Waals surface area contributed by atoms with Gasteiger partial charge in [-0.3, -0.25) is 9.10 Å². The van der Waals surface area contributed by atoms with Crippen LogP contribution in [0.2, 0.25) is 5.02 Å². The Morgan fingerprint density at radius 3 is 2.34 bits per heavy atom. The van der Waals surface area contributed by atoms with E-state index in [1.54, 1.807) is 48.5 Å². The number of sulfonamides is 1. The molecule has 1 heterocycles. The Labute approximate surface area is 174 Å². The van der Waals surface area contributed by atoms with Gasteiger partial charge >= 0.3 is 0 Å². The van der Waals surface area contributed by atoms with Crippen LogP contribution in [0.3, 0.4) is 0 Å². The van der Waals surface area contributed by atoms with Crippen molar-refractivity contribution in [3.05, 3.63) is 99.9 Å². The van der Waals surface area contributed by atoms with Crippen molar-refractivity contribution in [2.24, 2.45) is 0 Å². The molecule has 0 saturated heterocycles. The number of halogens is 1. The number of hydrogen-bond donors (Lipinski definition) is 1. The molecule has 0 bridgehead atoms. The highest BCUT2D eigenvalue weighted by atomic mass is 35.5. The maximum absolute atomic E-state index is 13.3. The summed E-state index contributed by atoms with van der Waals surface area (Å²) in [5.74, 6) is -0.715. The predicted octanol–water partition coefficient (Wildman–Crippen LogP) is 4.52. The number of nitrogens with one attached hydrogen (secondary N) is 1. The summed E-state index contributed by atoms with van der Waals surface area (Å²) in [5, 5.41) is 3.11. The number of anilines is 2. The molecule has 29 heavy (non-hydrogen) atoms. The summed E-state index contributed by atoms with van der Waals surface area (Å²) in [7, 11) is -2.63. The molecular formula is C22H17ClN2O3S. The summed E-state index contributed by atoms with van der Waals surface area (Å²) >= 11 is 5.99. The van der Waals surface area contributed by atoms with Crippen molar-refractivity contribution in [3.8, 4) is 0 Å².